The summed E-state index contributed by atoms with van der Waals surface area (Å²) < 4.78 is 1.80. The third-order valence-corrected chi connectivity index (χ3v) is 4.65. The molecule has 3 heterocycles. The van der Waals surface area contributed by atoms with Crippen LogP contribution in [0.15, 0.2) is 48.1 Å². The number of aliphatic hydroxyl groups excluding tert-OH is 1. The Hall–Kier alpha value is -2.22. The predicted octanol–water partition coefficient (Wildman–Crippen LogP) is 1.32. The Bertz CT molecular complexity index is 752. The molecule has 0 fully saturated rings. The third kappa shape index (κ3) is 4.19. The molecule has 3 aromatic rings. The molecule has 126 valence electrons. The molecule has 0 saturated heterocycles. The minimum Gasteiger partial charge on any atom is -0.395 e. The maximum Gasteiger partial charge on any atom is 0.271 e. The van der Waals surface area contributed by atoms with Crippen molar-refractivity contribution in [3.05, 3.63) is 58.7 Å². The minimum atomic E-state index is -0.239. The van der Waals surface area contributed by atoms with E-state index in [4.69, 9.17) is 0 Å². The van der Waals surface area contributed by atoms with Gasteiger partial charge >= 0.3 is 0 Å². The molecule has 3 N–H and O–H groups in total. The van der Waals surface area contributed by atoms with Crippen molar-refractivity contribution in [2.24, 2.45) is 0 Å². The van der Waals surface area contributed by atoms with Crippen LogP contribution in [0.5, 0.6) is 0 Å². The fourth-order valence-electron chi connectivity index (χ4n) is 2.41. The van der Waals surface area contributed by atoms with E-state index in [1.54, 1.807) is 21.9 Å². The third-order valence-electron chi connectivity index (χ3n) is 3.71. The molecule has 0 aliphatic carbocycles. The lowest BCUT2D eigenvalue weighted by Gasteiger charge is -2.16. The van der Waals surface area contributed by atoms with E-state index in [9.17, 15) is 9.90 Å². The average molecular weight is 344 g/mol. The van der Waals surface area contributed by atoms with E-state index in [0.29, 0.717) is 12.2 Å². The fraction of sp³-hybridized carbons (Fsp3) is 0.294. The van der Waals surface area contributed by atoms with Crippen molar-refractivity contribution in [1.82, 2.24) is 20.0 Å². The molecule has 0 spiro atoms. The summed E-state index contributed by atoms with van der Waals surface area (Å²) in [5.74, 6) is -0.239. The van der Waals surface area contributed by atoms with Crippen LogP contribution in [0.4, 0.5) is 0 Å². The number of hydrogen-bond donors (Lipinski definition) is 3. The van der Waals surface area contributed by atoms with E-state index < -0.39 is 0 Å². The van der Waals surface area contributed by atoms with E-state index in [2.05, 4.69) is 21.7 Å². The summed E-state index contributed by atoms with van der Waals surface area (Å²) in [5, 5.41) is 17.6. The number of imidazole rings is 1. The SMILES string of the molecule is O=C(NC[C@H](CO)NCCc1cccs1)c1cn2ccccc2n1. The van der Waals surface area contributed by atoms with Crippen LogP contribution < -0.4 is 10.6 Å². The van der Waals surface area contributed by atoms with Crippen LogP contribution in [0, 0.1) is 0 Å². The van der Waals surface area contributed by atoms with Crippen LogP contribution in [0.25, 0.3) is 5.65 Å². The van der Waals surface area contributed by atoms with Gasteiger partial charge in [0.1, 0.15) is 11.3 Å². The quantitative estimate of drug-likeness (QED) is 0.576. The predicted molar refractivity (Wildman–Crippen MR) is 94.4 cm³/mol. The van der Waals surface area contributed by atoms with Gasteiger partial charge in [0, 0.05) is 36.4 Å². The largest absolute Gasteiger partial charge is 0.395 e. The lowest BCUT2D eigenvalue weighted by Crippen LogP contribution is -2.44. The van der Waals surface area contributed by atoms with E-state index >= 15 is 0 Å². The van der Waals surface area contributed by atoms with Gasteiger partial charge in [-0.2, -0.15) is 0 Å². The number of thiophene rings is 1. The van der Waals surface area contributed by atoms with E-state index in [0.717, 1.165) is 18.6 Å². The van der Waals surface area contributed by atoms with Gasteiger partial charge in [0.25, 0.3) is 5.91 Å². The van der Waals surface area contributed by atoms with E-state index in [-0.39, 0.29) is 18.6 Å². The Morgan fingerprint density at radius 1 is 1.33 bits per heavy atom. The number of rotatable bonds is 8. The Morgan fingerprint density at radius 2 is 2.25 bits per heavy atom. The molecule has 0 aromatic carbocycles. The van der Waals surface area contributed by atoms with E-state index in [1.807, 2.05) is 35.8 Å². The van der Waals surface area contributed by atoms with Crippen molar-refractivity contribution < 1.29 is 9.90 Å². The lowest BCUT2D eigenvalue weighted by atomic mass is 10.2. The molecule has 1 atom stereocenters. The molecule has 0 bridgehead atoms. The monoisotopic (exact) mass is 344 g/mol. The molecule has 0 aliphatic rings. The molecule has 6 nitrogen and oxygen atoms in total. The fourth-order valence-corrected chi connectivity index (χ4v) is 3.12. The van der Waals surface area contributed by atoms with Gasteiger partial charge in [0.05, 0.1) is 6.61 Å². The van der Waals surface area contributed by atoms with Gasteiger partial charge in [0.15, 0.2) is 0 Å². The van der Waals surface area contributed by atoms with Crippen molar-refractivity contribution in [1.29, 1.82) is 0 Å². The van der Waals surface area contributed by atoms with Gasteiger partial charge in [-0.1, -0.05) is 12.1 Å². The van der Waals surface area contributed by atoms with Crippen molar-refractivity contribution >= 4 is 22.9 Å². The smallest absolute Gasteiger partial charge is 0.271 e. The van der Waals surface area contributed by atoms with Crippen molar-refractivity contribution in [2.45, 2.75) is 12.5 Å². The van der Waals surface area contributed by atoms with Gasteiger partial charge in [-0.15, -0.1) is 11.3 Å². The van der Waals surface area contributed by atoms with Gasteiger partial charge in [-0.25, -0.2) is 4.98 Å². The number of fused-ring (bicyclic) bond motifs is 1. The first kappa shape index (κ1) is 16.6. The molecule has 3 rings (SSSR count). The van der Waals surface area contributed by atoms with Crippen LogP contribution >= 0.6 is 11.3 Å². The first-order valence-corrected chi connectivity index (χ1v) is 8.73. The second-order valence-electron chi connectivity index (χ2n) is 5.47. The highest BCUT2D eigenvalue weighted by molar-refractivity contribution is 7.09. The Morgan fingerprint density at radius 3 is 3.00 bits per heavy atom. The summed E-state index contributed by atoms with van der Waals surface area (Å²) in [7, 11) is 0. The average Bonchev–Trinajstić information content (AvgIpc) is 3.26. The molecule has 1 amide bonds. The summed E-state index contributed by atoms with van der Waals surface area (Å²) in [6, 6.07) is 9.55. The number of aliphatic hydroxyl groups is 1. The van der Waals surface area contributed by atoms with Gasteiger partial charge < -0.3 is 20.1 Å². The maximum absolute atomic E-state index is 12.2. The second kappa shape index (κ2) is 8.05. The highest BCUT2D eigenvalue weighted by Crippen LogP contribution is 2.08. The molecule has 24 heavy (non-hydrogen) atoms. The number of nitrogens with one attached hydrogen (secondary N) is 2. The molecule has 0 radical (unpaired) electrons. The number of carbonyl (C=O) groups is 1. The van der Waals surface area contributed by atoms with Crippen LogP contribution in [0.1, 0.15) is 15.4 Å². The van der Waals surface area contributed by atoms with E-state index in [1.165, 1.54) is 4.88 Å². The molecule has 3 aromatic heterocycles. The number of hydrogen-bond acceptors (Lipinski definition) is 5. The number of carbonyl (C=O) groups excluding carboxylic acids is 1. The van der Waals surface area contributed by atoms with Crippen LogP contribution in [0.2, 0.25) is 0 Å². The molecule has 0 saturated carbocycles. The van der Waals surface area contributed by atoms with Gasteiger partial charge in [-0.05, 0) is 30.0 Å². The van der Waals surface area contributed by atoms with Crippen LogP contribution in [-0.4, -0.2) is 46.1 Å². The summed E-state index contributed by atoms with van der Waals surface area (Å²) in [5.41, 5.74) is 1.10. The number of pyridine rings is 1. The lowest BCUT2D eigenvalue weighted by molar-refractivity contribution is 0.0940. The number of nitrogens with zero attached hydrogens (tertiary/aromatic N) is 2. The number of amides is 1. The summed E-state index contributed by atoms with van der Waals surface area (Å²) in [6.45, 7) is 1.08. The molecule has 0 unspecified atom stereocenters. The zero-order chi connectivity index (χ0) is 16.8. The summed E-state index contributed by atoms with van der Waals surface area (Å²) >= 11 is 1.72. The summed E-state index contributed by atoms with van der Waals surface area (Å²) in [4.78, 5) is 17.8. The standard InChI is InChI=1S/C17H20N4O2S/c22-12-13(18-7-6-14-4-3-9-24-14)10-19-17(23)15-11-21-8-2-1-5-16(21)20-15/h1-5,8-9,11,13,18,22H,6-7,10,12H2,(H,19,23)/t13-/m1/s1. The Kier molecular flexibility index (Phi) is 5.58. The van der Waals surface area contributed by atoms with Crippen LogP contribution in [-0.2, 0) is 6.42 Å². The van der Waals surface area contributed by atoms with Crippen molar-refractivity contribution in [3.63, 3.8) is 0 Å². The highest BCUT2D eigenvalue weighted by atomic mass is 32.1. The number of aromatic nitrogens is 2. The topological polar surface area (TPSA) is 78.7 Å². The minimum absolute atomic E-state index is 0.0319. The van der Waals surface area contributed by atoms with Crippen molar-refractivity contribution in [3.8, 4) is 0 Å². The molecular formula is C17H20N4O2S. The maximum atomic E-state index is 12.2. The highest BCUT2D eigenvalue weighted by Gasteiger charge is 2.13. The molecule has 7 heteroatoms. The zero-order valence-electron chi connectivity index (χ0n) is 13.2. The molecule has 0 aliphatic heterocycles. The first-order valence-electron chi connectivity index (χ1n) is 7.85. The Labute approximate surface area is 144 Å². The van der Waals surface area contributed by atoms with Crippen LogP contribution in [0.3, 0.4) is 0 Å². The zero-order valence-corrected chi connectivity index (χ0v) is 14.0. The summed E-state index contributed by atoms with van der Waals surface area (Å²) in [6.07, 6.45) is 4.46. The second-order valence-corrected chi connectivity index (χ2v) is 6.50. The first-order chi connectivity index (χ1) is 11.8. The van der Waals surface area contributed by atoms with Crippen molar-refractivity contribution in [2.75, 3.05) is 19.7 Å². The van der Waals surface area contributed by atoms with Gasteiger partial charge in [0.2, 0.25) is 0 Å². The Balaban J connectivity index is 1.48. The van der Waals surface area contributed by atoms with Gasteiger partial charge in [-0.3, -0.25) is 4.79 Å². The molecular weight excluding hydrogens is 324 g/mol. The normalized spacial score (nSPS) is 12.4.